The van der Waals surface area contributed by atoms with Crippen LogP contribution in [0.3, 0.4) is 0 Å². The van der Waals surface area contributed by atoms with Gasteiger partial charge in [0.1, 0.15) is 30.2 Å². The summed E-state index contributed by atoms with van der Waals surface area (Å²) in [5, 5.41) is 45.4. The fourth-order valence-corrected chi connectivity index (χ4v) is 7.27. The van der Waals surface area contributed by atoms with E-state index in [1.165, 1.54) is 24.8 Å². The summed E-state index contributed by atoms with van der Waals surface area (Å²) in [6.45, 7) is 2.52. The Kier molecular flexibility index (Phi) is 29.9. The van der Waals surface area contributed by atoms with Crippen LogP contribution in [0, 0.1) is 0 Å². The second kappa shape index (κ2) is 33.7. The first kappa shape index (κ1) is 62.2. The predicted molar refractivity (Wildman–Crippen MR) is 257 cm³/mol. The van der Waals surface area contributed by atoms with Gasteiger partial charge in [-0.05, 0) is 104 Å². The van der Waals surface area contributed by atoms with Crippen molar-refractivity contribution in [2.45, 2.75) is 152 Å². The molecule has 0 aromatic heterocycles. The van der Waals surface area contributed by atoms with Crippen LogP contribution in [-0.4, -0.2) is 180 Å². The van der Waals surface area contributed by atoms with Crippen LogP contribution in [-0.2, 0) is 43.2 Å². The molecule has 0 bridgehead atoms. The van der Waals surface area contributed by atoms with Gasteiger partial charge >= 0.3 is 5.97 Å². The molecule has 0 radical (unpaired) electrons. The van der Waals surface area contributed by atoms with Crippen molar-refractivity contribution in [3.63, 3.8) is 0 Å². The van der Waals surface area contributed by atoms with Gasteiger partial charge in [0.2, 0.25) is 41.4 Å². The normalized spacial score (nSPS) is 17.0. The van der Waals surface area contributed by atoms with E-state index >= 15 is 0 Å². The van der Waals surface area contributed by atoms with E-state index in [1.807, 2.05) is 0 Å². The average molecular weight is 998 g/mol. The Bertz CT molecular complexity index is 1800. The molecule has 9 atom stereocenters. The van der Waals surface area contributed by atoms with E-state index in [2.05, 4.69) is 36.9 Å². The first-order chi connectivity index (χ1) is 33.1. The maximum Gasteiger partial charge on any atom is 0.331 e. The fourth-order valence-electron chi connectivity index (χ4n) is 7.27. The van der Waals surface area contributed by atoms with Gasteiger partial charge in [0.05, 0.1) is 30.8 Å². The Hall–Kier alpha value is -5.84. The second-order valence-corrected chi connectivity index (χ2v) is 17.0. The molecule has 7 amide bonds. The summed E-state index contributed by atoms with van der Waals surface area (Å²) in [5.41, 5.74) is 38.9. The Morgan fingerprint density at radius 3 is 1.93 bits per heavy atom. The van der Waals surface area contributed by atoms with Crippen LogP contribution in [0.1, 0.15) is 97.3 Å². The highest BCUT2D eigenvalue weighted by Gasteiger charge is 2.40. The number of nitrogens with one attached hydrogen (secondary N) is 6. The molecule has 0 unspecified atom stereocenters. The summed E-state index contributed by atoms with van der Waals surface area (Å²) in [5.74, 6) is -7.60. The van der Waals surface area contributed by atoms with Crippen LogP contribution in [0.5, 0.6) is 0 Å². The molecule has 1 saturated heterocycles. The van der Waals surface area contributed by atoms with Gasteiger partial charge in [-0.1, -0.05) is 12.5 Å². The lowest BCUT2D eigenvalue weighted by Gasteiger charge is -2.31. The molecule has 23 N–H and O–H groups in total. The largest absolute Gasteiger partial charge is 0.478 e. The minimum Gasteiger partial charge on any atom is -0.478 e. The van der Waals surface area contributed by atoms with E-state index in [-0.39, 0.29) is 82.5 Å². The molecule has 1 aliphatic rings. The second-order valence-electron chi connectivity index (χ2n) is 17.0. The number of Topliss-reactive ketones (excluding diaryl/α,β-unsaturated/α-hetero) is 1. The number of carboxylic acid groups (broad SMARTS) is 1. The zero-order chi connectivity index (χ0) is 52.9. The predicted octanol–water partition coefficient (Wildman–Crippen LogP) is -6.41. The molecule has 27 heteroatoms. The molecule has 0 spiro atoms. The molecule has 0 aromatic carbocycles. The summed E-state index contributed by atoms with van der Waals surface area (Å²) in [7, 11) is 0. The third-order valence-electron chi connectivity index (χ3n) is 11.3. The Morgan fingerprint density at radius 1 is 0.729 bits per heavy atom. The molecular formula is C43H79N15O12. The van der Waals surface area contributed by atoms with E-state index in [1.54, 1.807) is 0 Å². The number of carbonyl (C=O) groups is 9. The van der Waals surface area contributed by atoms with Gasteiger partial charge in [-0.3, -0.25) is 43.3 Å². The number of aliphatic hydroxyl groups is 2. The van der Waals surface area contributed by atoms with Gasteiger partial charge in [0.25, 0.3) is 0 Å². The number of nitrogens with two attached hydrogens (primary N) is 7. The molecule has 0 aliphatic carbocycles. The van der Waals surface area contributed by atoms with Crippen LogP contribution in [0.4, 0.5) is 0 Å². The lowest BCUT2D eigenvalue weighted by Crippen LogP contribution is -2.60. The van der Waals surface area contributed by atoms with Crippen molar-refractivity contribution in [3.05, 3.63) is 11.6 Å². The van der Waals surface area contributed by atoms with Crippen molar-refractivity contribution in [1.29, 1.82) is 0 Å². The van der Waals surface area contributed by atoms with E-state index in [9.17, 15) is 58.5 Å². The number of aliphatic hydroxyl groups excluding tert-OH is 2. The third-order valence-corrected chi connectivity index (χ3v) is 11.3. The number of ketones is 1. The first-order valence-electron chi connectivity index (χ1n) is 23.6. The average Bonchev–Trinajstić information content (AvgIpc) is 3.81. The summed E-state index contributed by atoms with van der Waals surface area (Å²) >= 11 is 0. The molecule has 0 saturated carbocycles. The number of likely N-dealkylation sites (tertiary alicyclic amines) is 1. The van der Waals surface area contributed by atoms with Gasteiger partial charge in [0, 0.05) is 31.6 Å². The molecule has 1 fully saturated rings. The number of rotatable bonds is 35. The van der Waals surface area contributed by atoms with Gasteiger partial charge in [0.15, 0.2) is 11.7 Å². The molecule has 0 aromatic rings. The summed E-state index contributed by atoms with van der Waals surface area (Å²) in [6.07, 6.45) is 1.47. The van der Waals surface area contributed by atoms with Crippen molar-refractivity contribution in [2.24, 2.45) is 45.1 Å². The zero-order valence-corrected chi connectivity index (χ0v) is 40.4. The molecule has 1 rings (SSSR count). The van der Waals surface area contributed by atoms with Crippen LogP contribution in [0.15, 0.2) is 16.6 Å². The van der Waals surface area contributed by atoms with E-state index in [0.29, 0.717) is 45.2 Å². The Balaban J connectivity index is 3.05. The Morgan fingerprint density at radius 2 is 1.34 bits per heavy atom. The van der Waals surface area contributed by atoms with Crippen LogP contribution in [0.25, 0.3) is 0 Å². The maximum absolute atomic E-state index is 14.0. The number of nitrogens with zero attached hydrogens (tertiary/aromatic N) is 2. The number of hydrogen-bond acceptors (Lipinski definition) is 17. The van der Waals surface area contributed by atoms with Crippen LogP contribution < -0.4 is 72.0 Å². The number of unbranched alkanes of at least 4 members (excludes halogenated alkanes) is 2. The van der Waals surface area contributed by atoms with Gasteiger partial charge in [-0.2, -0.15) is 0 Å². The molecule has 27 nitrogen and oxygen atoms in total. The number of carbonyl (C=O) groups excluding carboxylic acids is 8. The summed E-state index contributed by atoms with van der Waals surface area (Å²) < 4.78 is 0. The van der Waals surface area contributed by atoms with Crippen molar-refractivity contribution < 1.29 is 58.5 Å². The van der Waals surface area contributed by atoms with Crippen molar-refractivity contribution in [3.8, 4) is 0 Å². The van der Waals surface area contributed by atoms with Gasteiger partial charge < -0.3 is 92.3 Å². The van der Waals surface area contributed by atoms with Crippen molar-refractivity contribution in [2.75, 3.05) is 45.8 Å². The summed E-state index contributed by atoms with van der Waals surface area (Å²) in [4.78, 5) is 124. The zero-order valence-electron chi connectivity index (χ0n) is 40.4. The number of guanidine groups is 1. The fraction of sp³-hybridized carbons (Fsp3) is 0.721. The van der Waals surface area contributed by atoms with Crippen molar-refractivity contribution in [1.82, 2.24) is 36.8 Å². The highest BCUT2D eigenvalue weighted by Crippen LogP contribution is 2.21. The van der Waals surface area contributed by atoms with Gasteiger partial charge in [-0.25, -0.2) is 4.79 Å². The number of aliphatic carboxylic acids is 1. The monoisotopic (exact) mass is 998 g/mol. The quantitative estimate of drug-likeness (QED) is 0.0121. The van der Waals surface area contributed by atoms with E-state index < -0.39 is 121 Å². The number of hydrogen-bond donors (Lipinski definition) is 16. The number of aliphatic imine (C=N–C) groups is 1. The molecular weight excluding hydrogens is 919 g/mol. The lowest BCUT2D eigenvalue weighted by molar-refractivity contribution is -0.143. The highest BCUT2D eigenvalue weighted by atomic mass is 16.4. The molecule has 1 heterocycles. The third kappa shape index (κ3) is 22.7. The summed E-state index contributed by atoms with van der Waals surface area (Å²) in [6, 6.07) is -8.92. The molecule has 1 aliphatic heterocycles. The van der Waals surface area contributed by atoms with E-state index in [4.69, 9.17) is 40.1 Å². The van der Waals surface area contributed by atoms with Gasteiger partial charge in [-0.15, -0.1) is 0 Å². The number of amides is 7. The smallest absolute Gasteiger partial charge is 0.331 e. The minimum atomic E-state index is -1.59. The SMILES string of the molecule is C[C@H](NC(=O)[C@@H](NC(=O)[C@@H](N)CCCCN)[C@@H](O)CN)C(=O)NCC(=O)N[C@H](CCCN)C(=O)N1CCC[C@H]1C(=O)N[C@H](C(=O)N[C@@H](CCCCN)C(=O)CC/C(=C\CCN=C(N)N)C(=O)O)[C@@H](C)O. The first-order valence-corrected chi connectivity index (χ1v) is 23.6. The van der Waals surface area contributed by atoms with Crippen LogP contribution >= 0.6 is 0 Å². The highest BCUT2D eigenvalue weighted by molar-refractivity contribution is 5.98. The minimum absolute atomic E-state index is 0.0412. The van der Waals surface area contributed by atoms with E-state index in [0.717, 1.165) is 0 Å². The Labute approximate surface area is 408 Å². The maximum atomic E-state index is 14.0. The van der Waals surface area contributed by atoms with Crippen molar-refractivity contribution >= 4 is 59.1 Å². The molecule has 70 heavy (non-hydrogen) atoms. The topological polar surface area (TPSA) is 484 Å². The number of carboxylic acids is 1. The lowest BCUT2D eigenvalue weighted by atomic mass is 9.98. The van der Waals surface area contributed by atoms with Crippen LogP contribution in [0.2, 0.25) is 0 Å². The molecule has 398 valence electrons. The standard InChI is InChI=1S/C43H79N15O12/c1-24(53-40(67)35(32(61)22-47)57-37(64)27(48)11-3-5-17-44)36(63)52-23-33(62)54-29(13-7-19-46)41(68)58-21-9-14-30(58)38(65)56-34(25(2)59)39(66)55-28(12-4-6-18-45)31(60)16-15-26(42(69)70)10-8-20-51-43(49)50/h10,24-25,27-30,32,34-35,59,61H,3-9,11-23,44-48H2,1-2H3,(H,52,63)(H,53,67)(H,54,62)(H,55,66)(H,56,65)(H,57,64)(H,69,70)(H4,49,50,51)/b26-10+/t24-,25+,27-,28-,29+,30-,32-,34-,35-/m0/s1.